The quantitative estimate of drug-likeness (QED) is 0.319. The summed E-state index contributed by atoms with van der Waals surface area (Å²) in [4.78, 5) is 22.9. The van der Waals surface area contributed by atoms with Crippen molar-refractivity contribution in [2.75, 3.05) is 18.4 Å². The Balaban J connectivity index is 1.18. The number of sulfone groups is 1. The zero-order chi connectivity index (χ0) is 28.3. The van der Waals surface area contributed by atoms with Crippen molar-refractivity contribution in [2.24, 2.45) is 0 Å². The fraction of sp³-hybridized carbons (Fsp3) is 0.310. The molecule has 2 aromatic heterocycles. The first-order valence-corrected chi connectivity index (χ1v) is 14.6. The van der Waals surface area contributed by atoms with Crippen LogP contribution in [-0.2, 0) is 14.6 Å². The molecule has 1 aliphatic heterocycles. The fourth-order valence-electron chi connectivity index (χ4n) is 4.54. The summed E-state index contributed by atoms with van der Waals surface area (Å²) in [5, 5.41) is 10.6. The number of carbonyl (C=O) groups excluding carboxylic acids is 1. The number of piperidine rings is 1. The number of nitrogens with one attached hydrogen (secondary N) is 2. The molecular formula is C29H32N6O4S. The van der Waals surface area contributed by atoms with Crippen LogP contribution in [0.3, 0.4) is 0 Å². The molecular weight excluding hydrogens is 528 g/mol. The zero-order valence-corrected chi connectivity index (χ0v) is 23.5. The molecule has 0 radical (unpaired) electrons. The number of carbonyl (C=O) groups is 1. The molecule has 0 saturated carbocycles. The monoisotopic (exact) mass is 560 g/mol. The van der Waals surface area contributed by atoms with Gasteiger partial charge in [0.15, 0.2) is 9.84 Å². The van der Waals surface area contributed by atoms with Crippen molar-refractivity contribution in [3.63, 3.8) is 0 Å². The number of H-pyrrole nitrogens is 1. The number of hydrogen-bond donors (Lipinski definition) is 2. The summed E-state index contributed by atoms with van der Waals surface area (Å²) >= 11 is 0. The molecule has 2 N–H and O–H groups in total. The highest BCUT2D eigenvalue weighted by Crippen LogP contribution is 2.27. The molecule has 11 heteroatoms. The van der Waals surface area contributed by atoms with Gasteiger partial charge in [0.2, 0.25) is 5.95 Å². The number of aromatic nitrogens is 4. The van der Waals surface area contributed by atoms with Crippen LogP contribution in [-0.4, -0.2) is 63.5 Å². The average Bonchev–Trinajstić information content (AvgIpc) is 3.42. The van der Waals surface area contributed by atoms with Crippen LogP contribution < -0.4 is 5.32 Å². The Labute approximate surface area is 233 Å². The molecule has 208 valence electrons. The molecule has 0 atom stereocenters. The Morgan fingerprint density at radius 2 is 1.73 bits per heavy atom. The van der Waals surface area contributed by atoms with Crippen molar-refractivity contribution in [1.29, 1.82) is 0 Å². The predicted octanol–water partition coefficient (Wildman–Crippen LogP) is 5.44. The second-order valence-electron chi connectivity index (χ2n) is 10.7. The molecule has 1 fully saturated rings. The van der Waals surface area contributed by atoms with Gasteiger partial charge in [0.1, 0.15) is 5.60 Å². The van der Waals surface area contributed by atoms with Crippen LogP contribution in [0.5, 0.6) is 0 Å². The maximum absolute atomic E-state index is 13.2. The van der Waals surface area contributed by atoms with Crippen molar-refractivity contribution >= 4 is 50.6 Å². The van der Waals surface area contributed by atoms with Gasteiger partial charge in [-0.05, 0) is 69.5 Å². The highest BCUT2D eigenvalue weighted by molar-refractivity contribution is 7.92. The van der Waals surface area contributed by atoms with Crippen LogP contribution in [0.25, 0.3) is 23.1 Å². The molecule has 0 spiro atoms. The summed E-state index contributed by atoms with van der Waals surface area (Å²) in [6.07, 6.45) is 9.48. The first-order valence-electron chi connectivity index (χ1n) is 13.1. The summed E-state index contributed by atoms with van der Waals surface area (Å²) in [6, 6.07) is 12.5. The van der Waals surface area contributed by atoms with E-state index in [2.05, 4.69) is 25.5 Å². The van der Waals surface area contributed by atoms with Gasteiger partial charge >= 0.3 is 6.09 Å². The van der Waals surface area contributed by atoms with Gasteiger partial charge in [-0.15, -0.1) is 0 Å². The van der Waals surface area contributed by atoms with Crippen molar-refractivity contribution < 1.29 is 17.9 Å². The van der Waals surface area contributed by atoms with E-state index in [1.54, 1.807) is 47.8 Å². The maximum Gasteiger partial charge on any atom is 0.410 e. The van der Waals surface area contributed by atoms with Crippen LogP contribution in [0, 0.1) is 0 Å². The molecule has 5 rings (SSSR count). The summed E-state index contributed by atoms with van der Waals surface area (Å²) in [5.74, 6) is 0.402. The molecule has 0 aliphatic carbocycles. The van der Waals surface area contributed by atoms with E-state index in [-0.39, 0.29) is 4.90 Å². The highest BCUT2D eigenvalue weighted by atomic mass is 32.2. The minimum atomic E-state index is -3.53. The third-order valence-corrected chi connectivity index (χ3v) is 8.90. The van der Waals surface area contributed by atoms with E-state index in [0.29, 0.717) is 37.6 Å². The third kappa shape index (κ3) is 6.31. The second-order valence-corrected chi connectivity index (χ2v) is 12.9. The molecule has 3 heterocycles. The molecule has 0 bridgehead atoms. The van der Waals surface area contributed by atoms with Crippen LogP contribution in [0.4, 0.5) is 16.4 Å². The molecule has 1 amide bonds. The van der Waals surface area contributed by atoms with Crippen LogP contribution in [0.15, 0.2) is 66.0 Å². The maximum atomic E-state index is 13.2. The first kappa shape index (κ1) is 27.3. The number of benzene rings is 2. The highest BCUT2D eigenvalue weighted by Gasteiger charge is 2.34. The lowest BCUT2D eigenvalue weighted by Crippen LogP contribution is -2.44. The van der Waals surface area contributed by atoms with Crippen LogP contribution in [0.2, 0.25) is 0 Å². The number of likely N-dealkylation sites (tertiary alicyclic amines) is 1. The molecule has 2 aromatic carbocycles. The molecule has 1 saturated heterocycles. The van der Waals surface area contributed by atoms with Crippen molar-refractivity contribution in [2.45, 2.75) is 49.4 Å². The topological polar surface area (TPSA) is 130 Å². The largest absolute Gasteiger partial charge is 0.444 e. The Morgan fingerprint density at radius 3 is 2.40 bits per heavy atom. The van der Waals surface area contributed by atoms with Gasteiger partial charge in [0.25, 0.3) is 0 Å². The Hall–Kier alpha value is -4.25. The van der Waals surface area contributed by atoms with Crippen LogP contribution >= 0.6 is 0 Å². The lowest BCUT2D eigenvalue weighted by Gasteiger charge is -2.33. The van der Waals surface area contributed by atoms with Gasteiger partial charge in [0.05, 0.1) is 21.9 Å². The number of amides is 1. The second kappa shape index (κ2) is 11.1. The normalized spacial score (nSPS) is 15.0. The lowest BCUT2D eigenvalue weighted by atomic mass is 10.1. The number of anilines is 2. The minimum Gasteiger partial charge on any atom is -0.444 e. The Kier molecular flexibility index (Phi) is 7.57. The van der Waals surface area contributed by atoms with Crippen molar-refractivity contribution in [3.05, 3.63) is 72.2 Å². The molecule has 1 aliphatic rings. The van der Waals surface area contributed by atoms with E-state index in [1.807, 2.05) is 51.1 Å². The van der Waals surface area contributed by atoms with Crippen LogP contribution in [0.1, 0.15) is 44.7 Å². The third-order valence-electron chi connectivity index (χ3n) is 6.62. The number of ether oxygens (including phenoxy) is 1. The van der Waals surface area contributed by atoms with Gasteiger partial charge in [-0.2, -0.15) is 5.10 Å². The summed E-state index contributed by atoms with van der Waals surface area (Å²) < 4.78 is 31.9. The zero-order valence-electron chi connectivity index (χ0n) is 22.7. The summed E-state index contributed by atoms with van der Waals surface area (Å²) in [5.41, 5.74) is 2.94. The molecule has 40 heavy (non-hydrogen) atoms. The van der Waals surface area contributed by atoms with Gasteiger partial charge in [0, 0.05) is 42.1 Å². The summed E-state index contributed by atoms with van der Waals surface area (Å²) in [6.45, 7) is 6.13. The standard InChI is InChI=1S/C29H32N6O4S/c1-29(2,3)39-28(36)35-15-13-24(14-16-35)40(37,38)23-11-9-22(10-12-23)33-27-30-17-20(18-31-27)7-8-21-5-4-6-26-25(21)19-32-34-26/h4-12,17-19,24H,13-16H2,1-3H3,(H,32,34)(H,30,31,33). The fourth-order valence-corrected chi connectivity index (χ4v) is 6.27. The number of hydrogen-bond acceptors (Lipinski definition) is 8. The average molecular weight is 561 g/mol. The lowest BCUT2D eigenvalue weighted by molar-refractivity contribution is 0.0217. The smallest absolute Gasteiger partial charge is 0.410 e. The summed E-state index contributed by atoms with van der Waals surface area (Å²) in [7, 11) is -3.53. The molecule has 4 aromatic rings. The molecule has 0 unspecified atom stereocenters. The van der Waals surface area contributed by atoms with E-state index in [4.69, 9.17) is 4.74 Å². The number of rotatable bonds is 6. The number of aromatic amines is 1. The van der Waals surface area contributed by atoms with E-state index in [1.165, 1.54) is 0 Å². The van der Waals surface area contributed by atoms with Gasteiger partial charge in [-0.3, -0.25) is 5.10 Å². The van der Waals surface area contributed by atoms with Crippen molar-refractivity contribution in [1.82, 2.24) is 25.1 Å². The number of fused-ring (bicyclic) bond motifs is 1. The first-order chi connectivity index (χ1) is 19.1. The van der Waals surface area contributed by atoms with E-state index >= 15 is 0 Å². The van der Waals surface area contributed by atoms with Gasteiger partial charge in [-0.25, -0.2) is 23.2 Å². The van der Waals surface area contributed by atoms with E-state index < -0.39 is 26.8 Å². The Bertz CT molecular complexity index is 1620. The molecule has 10 nitrogen and oxygen atoms in total. The van der Waals surface area contributed by atoms with Crippen molar-refractivity contribution in [3.8, 4) is 0 Å². The predicted molar refractivity (Wildman–Crippen MR) is 155 cm³/mol. The van der Waals surface area contributed by atoms with Gasteiger partial charge in [-0.1, -0.05) is 24.3 Å². The number of nitrogens with zero attached hydrogens (tertiary/aromatic N) is 4. The Morgan fingerprint density at radius 1 is 1.02 bits per heavy atom. The van der Waals surface area contributed by atoms with E-state index in [0.717, 1.165) is 22.0 Å². The van der Waals surface area contributed by atoms with Gasteiger partial charge < -0.3 is 15.0 Å². The van der Waals surface area contributed by atoms with E-state index in [9.17, 15) is 13.2 Å². The minimum absolute atomic E-state index is 0.253. The SMILES string of the molecule is CC(C)(C)OC(=O)N1CCC(S(=O)(=O)c2ccc(Nc3ncc(C=Cc4cccc5[nH]ncc45)cn3)cc2)CC1.